The number of para-hydroxylation sites is 3. The minimum atomic E-state index is 0.944. The summed E-state index contributed by atoms with van der Waals surface area (Å²) in [6, 6.07) is 41.5. The highest BCUT2D eigenvalue weighted by Crippen LogP contribution is 2.43. The van der Waals surface area contributed by atoms with Crippen LogP contribution in [0.1, 0.15) is 0 Å². The number of hydrogen-bond acceptors (Lipinski definition) is 2. The van der Waals surface area contributed by atoms with Gasteiger partial charge in [-0.1, -0.05) is 60.7 Å². The Morgan fingerprint density at radius 2 is 1.14 bits per heavy atom. The SMILES string of the molecule is c1ccc(-n2c3ccccc3c3cc4c5c6c(ccc5n(-c5ccccc5)c4cc32)c2ccncc2n2ccnc62)cc1. The molecule has 0 bridgehead atoms. The van der Waals surface area contributed by atoms with Crippen molar-refractivity contribution < 1.29 is 0 Å². The number of fused-ring (bicyclic) bond motifs is 13. The lowest BCUT2D eigenvalue weighted by molar-refractivity contribution is 1.16. The maximum Gasteiger partial charge on any atom is 0.145 e. The number of pyridine rings is 2. The quantitative estimate of drug-likeness (QED) is 0.202. The molecule has 0 aliphatic heterocycles. The Morgan fingerprint density at radius 3 is 1.95 bits per heavy atom. The topological polar surface area (TPSA) is 40.0 Å². The van der Waals surface area contributed by atoms with Gasteiger partial charge in [0.05, 0.1) is 33.8 Å². The van der Waals surface area contributed by atoms with Crippen LogP contribution in [0.5, 0.6) is 0 Å². The Bertz CT molecular complexity index is 2710. The fourth-order valence-corrected chi connectivity index (χ4v) is 7.23. The molecular weight excluding hydrogens is 526 g/mol. The molecule has 0 amide bonds. The fraction of sp³-hybridized carbons (Fsp3) is 0. The number of imidazole rings is 1. The highest BCUT2D eigenvalue weighted by molar-refractivity contribution is 6.30. The minimum absolute atomic E-state index is 0.944. The lowest BCUT2D eigenvalue weighted by atomic mass is 10.0. The van der Waals surface area contributed by atoms with Crippen molar-refractivity contribution in [2.75, 3.05) is 0 Å². The Labute approximate surface area is 245 Å². The molecule has 0 spiro atoms. The average molecular weight is 550 g/mol. The molecule has 10 aromatic rings. The summed E-state index contributed by atoms with van der Waals surface area (Å²) in [4.78, 5) is 9.35. The van der Waals surface area contributed by atoms with E-state index in [-0.39, 0.29) is 0 Å². The zero-order chi connectivity index (χ0) is 28.1. The van der Waals surface area contributed by atoms with E-state index >= 15 is 0 Å². The molecule has 0 atom stereocenters. The van der Waals surface area contributed by atoms with Crippen LogP contribution in [0.4, 0.5) is 0 Å². The van der Waals surface area contributed by atoms with Crippen LogP contribution >= 0.6 is 0 Å². The summed E-state index contributed by atoms with van der Waals surface area (Å²) < 4.78 is 6.98. The van der Waals surface area contributed by atoms with E-state index < -0.39 is 0 Å². The van der Waals surface area contributed by atoms with Gasteiger partial charge in [-0.05, 0) is 60.0 Å². The standard InChI is InChI=1S/C38H23N5/c1-3-9-24(10-4-1)42-31-14-8-7-13-26(31)29-21-30-34(22-33(29)42)43(25-11-5-2-6-12-25)32-16-15-28-27-17-18-39-23-35(27)41-20-19-40-38(41)37(28)36(30)32/h1-23H. The second-order valence-electron chi connectivity index (χ2n) is 11.1. The Balaban J connectivity index is 1.49. The predicted molar refractivity (Wildman–Crippen MR) is 177 cm³/mol. The molecule has 43 heavy (non-hydrogen) atoms. The molecule has 0 unspecified atom stereocenters. The summed E-state index contributed by atoms with van der Waals surface area (Å²) in [5.41, 5.74) is 9.00. The second kappa shape index (κ2) is 8.30. The van der Waals surface area contributed by atoms with Crippen LogP contribution in [-0.2, 0) is 0 Å². The highest BCUT2D eigenvalue weighted by atomic mass is 15.0. The summed E-state index contributed by atoms with van der Waals surface area (Å²) >= 11 is 0. The minimum Gasteiger partial charge on any atom is -0.309 e. The first kappa shape index (κ1) is 22.7. The molecule has 0 aliphatic rings. The molecule has 10 rings (SSSR count). The van der Waals surface area contributed by atoms with Crippen LogP contribution in [0, 0.1) is 0 Å². The summed E-state index contributed by atoms with van der Waals surface area (Å²) in [5, 5.41) is 8.41. The fourth-order valence-electron chi connectivity index (χ4n) is 7.23. The first-order chi connectivity index (χ1) is 21.4. The van der Waals surface area contributed by atoms with Crippen LogP contribution in [-0.4, -0.2) is 23.5 Å². The van der Waals surface area contributed by atoms with Gasteiger partial charge in [0, 0.05) is 62.3 Å². The molecule has 5 heteroatoms. The van der Waals surface area contributed by atoms with E-state index in [0.29, 0.717) is 0 Å². The third-order valence-corrected chi connectivity index (χ3v) is 8.97. The Hall–Kier alpha value is -5.94. The van der Waals surface area contributed by atoms with Gasteiger partial charge in [-0.2, -0.15) is 0 Å². The maximum atomic E-state index is 4.91. The molecule has 5 aromatic carbocycles. The third-order valence-electron chi connectivity index (χ3n) is 8.97. The maximum absolute atomic E-state index is 4.91. The van der Waals surface area contributed by atoms with Crippen molar-refractivity contribution in [2.45, 2.75) is 0 Å². The molecule has 0 N–H and O–H groups in total. The van der Waals surface area contributed by atoms with Crippen molar-refractivity contribution in [1.29, 1.82) is 0 Å². The third kappa shape index (κ3) is 2.95. The normalized spacial score (nSPS) is 12.2. The van der Waals surface area contributed by atoms with Gasteiger partial charge in [0.15, 0.2) is 0 Å². The molecule has 5 heterocycles. The summed E-state index contributed by atoms with van der Waals surface area (Å²) in [5.74, 6) is 0. The zero-order valence-corrected chi connectivity index (χ0v) is 23.0. The largest absolute Gasteiger partial charge is 0.309 e. The van der Waals surface area contributed by atoms with Crippen LogP contribution in [0.3, 0.4) is 0 Å². The number of hydrogen-bond donors (Lipinski definition) is 0. The van der Waals surface area contributed by atoms with E-state index in [9.17, 15) is 0 Å². The molecule has 200 valence electrons. The van der Waals surface area contributed by atoms with Gasteiger partial charge in [-0.25, -0.2) is 4.98 Å². The van der Waals surface area contributed by atoms with E-state index in [1.165, 1.54) is 48.9 Å². The van der Waals surface area contributed by atoms with Crippen molar-refractivity contribution in [3.63, 3.8) is 0 Å². The Kier molecular flexibility index (Phi) is 4.39. The molecule has 5 nitrogen and oxygen atoms in total. The second-order valence-corrected chi connectivity index (χ2v) is 11.1. The van der Waals surface area contributed by atoms with Gasteiger partial charge in [-0.3, -0.25) is 9.38 Å². The zero-order valence-electron chi connectivity index (χ0n) is 23.0. The van der Waals surface area contributed by atoms with Crippen molar-refractivity contribution in [3.05, 3.63) is 140 Å². The van der Waals surface area contributed by atoms with E-state index in [1.807, 2.05) is 24.8 Å². The van der Waals surface area contributed by atoms with Gasteiger partial charge < -0.3 is 9.13 Å². The van der Waals surface area contributed by atoms with Crippen molar-refractivity contribution in [1.82, 2.24) is 23.5 Å². The van der Waals surface area contributed by atoms with Gasteiger partial charge in [0.2, 0.25) is 0 Å². The van der Waals surface area contributed by atoms with Crippen molar-refractivity contribution >= 4 is 70.9 Å². The summed E-state index contributed by atoms with van der Waals surface area (Å²) in [6.07, 6.45) is 7.74. The predicted octanol–water partition coefficient (Wildman–Crippen LogP) is 9.23. The molecular formula is C38H23N5. The van der Waals surface area contributed by atoms with Crippen LogP contribution < -0.4 is 0 Å². The summed E-state index contributed by atoms with van der Waals surface area (Å²) in [6.45, 7) is 0. The first-order valence-electron chi connectivity index (χ1n) is 14.5. The molecule has 0 saturated heterocycles. The van der Waals surface area contributed by atoms with Gasteiger partial charge in [0.1, 0.15) is 5.65 Å². The number of rotatable bonds is 2. The van der Waals surface area contributed by atoms with Gasteiger partial charge in [-0.15, -0.1) is 0 Å². The van der Waals surface area contributed by atoms with E-state index in [0.717, 1.165) is 33.4 Å². The van der Waals surface area contributed by atoms with Crippen molar-refractivity contribution in [2.24, 2.45) is 0 Å². The number of benzene rings is 5. The molecule has 0 aliphatic carbocycles. The summed E-state index contributed by atoms with van der Waals surface area (Å²) in [7, 11) is 0. The molecule has 0 saturated carbocycles. The lowest BCUT2D eigenvalue weighted by Crippen LogP contribution is -1.95. The lowest BCUT2D eigenvalue weighted by Gasteiger charge is -2.11. The van der Waals surface area contributed by atoms with Gasteiger partial charge in [0.25, 0.3) is 0 Å². The average Bonchev–Trinajstić information content (AvgIpc) is 3.77. The monoisotopic (exact) mass is 549 g/mol. The smallest absolute Gasteiger partial charge is 0.145 e. The highest BCUT2D eigenvalue weighted by Gasteiger charge is 2.22. The Morgan fingerprint density at radius 1 is 0.442 bits per heavy atom. The van der Waals surface area contributed by atoms with Crippen LogP contribution in [0.15, 0.2) is 140 Å². The number of aromatic nitrogens is 5. The molecule has 0 fully saturated rings. The number of nitrogens with zero attached hydrogens (tertiary/aromatic N) is 5. The molecule has 0 radical (unpaired) electrons. The molecule has 5 aromatic heterocycles. The van der Waals surface area contributed by atoms with E-state index in [4.69, 9.17) is 4.98 Å². The van der Waals surface area contributed by atoms with Crippen LogP contribution in [0.25, 0.3) is 82.3 Å². The van der Waals surface area contributed by atoms with Crippen molar-refractivity contribution in [3.8, 4) is 11.4 Å². The van der Waals surface area contributed by atoms with E-state index in [1.54, 1.807) is 0 Å². The first-order valence-corrected chi connectivity index (χ1v) is 14.5. The van der Waals surface area contributed by atoms with E-state index in [2.05, 4.69) is 134 Å². The van der Waals surface area contributed by atoms with Crippen LogP contribution in [0.2, 0.25) is 0 Å². The van der Waals surface area contributed by atoms with Gasteiger partial charge >= 0.3 is 0 Å².